The fourth-order valence-corrected chi connectivity index (χ4v) is 3.83. The molecular weight excluding hydrogens is 390 g/mol. The molecule has 0 spiro atoms. The maximum Gasteiger partial charge on any atom is 0.232 e. The number of fused-ring (bicyclic) bond motifs is 3. The van der Waals surface area contributed by atoms with Gasteiger partial charge in [-0.1, -0.05) is 29.8 Å². The Balaban J connectivity index is 1.44. The molecule has 2 aliphatic heterocycles. The summed E-state index contributed by atoms with van der Waals surface area (Å²) in [6, 6.07) is 15.0. The molecule has 0 amide bonds. The molecule has 0 radical (unpaired) electrons. The summed E-state index contributed by atoms with van der Waals surface area (Å²) in [4.78, 5) is 14.9. The molecule has 5 rings (SSSR count). The molecule has 0 atom stereocenters. The van der Waals surface area contributed by atoms with E-state index in [1.54, 1.807) is 12.1 Å². The van der Waals surface area contributed by atoms with Gasteiger partial charge in [-0.15, -0.1) is 0 Å². The number of furan rings is 1. The van der Waals surface area contributed by atoms with Crippen LogP contribution in [0.2, 0.25) is 5.02 Å². The summed E-state index contributed by atoms with van der Waals surface area (Å²) in [5.74, 6) is 2.77. The zero-order valence-electron chi connectivity index (χ0n) is 15.8. The van der Waals surface area contributed by atoms with Gasteiger partial charge in [-0.3, -0.25) is 9.69 Å². The molecule has 6 heteroatoms. The number of ketones is 1. The molecule has 1 aromatic heterocycles. The van der Waals surface area contributed by atoms with Crippen molar-refractivity contribution in [2.24, 2.45) is 0 Å². The second kappa shape index (κ2) is 7.10. The second-order valence-electron chi connectivity index (χ2n) is 7.16. The zero-order chi connectivity index (χ0) is 20.0. The standard InChI is InChI=1S/C23H18ClNO4/c1-14-6-7-16(28-14)10-21-22(26)17-8-9-20-18(23(17)29-21)12-25(13-27-20)11-15-4-2-3-5-19(15)24/h2-10H,11-13H2,1H3/b21-10-. The first kappa shape index (κ1) is 18.0. The number of halogens is 1. The van der Waals surface area contributed by atoms with Gasteiger partial charge in [0, 0.05) is 24.2 Å². The van der Waals surface area contributed by atoms with Gasteiger partial charge in [0.15, 0.2) is 5.76 Å². The van der Waals surface area contributed by atoms with E-state index in [-0.39, 0.29) is 11.5 Å². The van der Waals surface area contributed by atoms with Crippen molar-refractivity contribution >= 4 is 23.5 Å². The van der Waals surface area contributed by atoms with E-state index in [2.05, 4.69) is 4.90 Å². The van der Waals surface area contributed by atoms with E-state index in [4.69, 9.17) is 25.5 Å². The Morgan fingerprint density at radius 3 is 2.79 bits per heavy atom. The zero-order valence-corrected chi connectivity index (χ0v) is 16.5. The van der Waals surface area contributed by atoms with E-state index in [1.807, 2.05) is 49.4 Å². The van der Waals surface area contributed by atoms with Crippen molar-refractivity contribution in [2.75, 3.05) is 6.73 Å². The number of nitrogens with zero attached hydrogens (tertiary/aromatic N) is 1. The summed E-state index contributed by atoms with van der Waals surface area (Å²) in [6.45, 7) is 3.55. The third-order valence-corrected chi connectivity index (χ3v) is 5.44. The fourth-order valence-electron chi connectivity index (χ4n) is 3.63. The van der Waals surface area contributed by atoms with Gasteiger partial charge >= 0.3 is 0 Å². The molecular formula is C23H18ClNO4. The summed E-state index contributed by atoms with van der Waals surface area (Å²) in [5.41, 5.74) is 2.44. The average Bonchev–Trinajstić information content (AvgIpc) is 3.27. The number of rotatable bonds is 3. The predicted octanol–water partition coefficient (Wildman–Crippen LogP) is 5.21. The van der Waals surface area contributed by atoms with Crippen LogP contribution in [0.3, 0.4) is 0 Å². The minimum atomic E-state index is -0.153. The Morgan fingerprint density at radius 1 is 1.14 bits per heavy atom. The lowest BCUT2D eigenvalue weighted by Crippen LogP contribution is -2.31. The first-order valence-corrected chi connectivity index (χ1v) is 9.71. The molecule has 3 heterocycles. The largest absolute Gasteiger partial charge is 0.478 e. The molecule has 146 valence electrons. The highest BCUT2D eigenvalue weighted by Crippen LogP contribution is 2.42. The third-order valence-electron chi connectivity index (χ3n) is 5.07. The molecule has 0 unspecified atom stereocenters. The maximum absolute atomic E-state index is 12.8. The van der Waals surface area contributed by atoms with Crippen molar-refractivity contribution in [3.63, 3.8) is 0 Å². The lowest BCUT2D eigenvalue weighted by molar-refractivity contribution is 0.0873. The van der Waals surface area contributed by atoms with Crippen LogP contribution in [0.1, 0.15) is 33.0 Å². The second-order valence-corrected chi connectivity index (χ2v) is 7.57. The number of allylic oxidation sites excluding steroid dienone is 1. The van der Waals surface area contributed by atoms with Gasteiger partial charge in [0.05, 0.1) is 11.1 Å². The van der Waals surface area contributed by atoms with Crippen LogP contribution < -0.4 is 9.47 Å². The summed E-state index contributed by atoms with van der Waals surface area (Å²) in [5, 5.41) is 0.724. The van der Waals surface area contributed by atoms with Crippen molar-refractivity contribution in [2.45, 2.75) is 20.0 Å². The molecule has 0 saturated heterocycles. The van der Waals surface area contributed by atoms with Gasteiger partial charge in [-0.25, -0.2) is 0 Å². The smallest absolute Gasteiger partial charge is 0.232 e. The fraction of sp³-hybridized carbons (Fsp3) is 0.174. The predicted molar refractivity (Wildman–Crippen MR) is 109 cm³/mol. The summed E-state index contributed by atoms with van der Waals surface area (Å²) < 4.78 is 17.4. The summed E-state index contributed by atoms with van der Waals surface area (Å²) >= 11 is 6.30. The number of carbonyl (C=O) groups excluding carboxylic acids is 1. The normalized spacial score (nSPS) is 17.0. The minimum absolute atomic E-state index is 0.153. The molecule has 0 aliphatic carbocycles. The van der Waals surface area contributed by atoms with Gasteiger partial charge in [-0.2, -0.15) is 0 Å². The number of Topliss-reactive ketones (excluding diaryl/α,β-unsaturated/α-hetero) is 1. The van der Waals surface area contributed by atoms with Gasteiger partial charge < -0.3 is 13.9 Å². The van der Waals surface area contributed by atoms with Crippen LogP contribution in [0, 0.1) is 6.92 Å². The van der Waals surface area contributed by atoms with Crippen LogP contribution in [0.25, 0.3) is 6.08 Å². The molecule has 0 fully saturated rings. The highest BCUT2D eigenvalue weighted by atomic mass is 35.5. The molecule has 5 nitrogen and oxygen atoms in total. The molecule has 0 bridgehead atoms. The van der Waals surface area contributed by atoms with E-state index in [1.165, 1.54) is 0 Å². The maximum atomic E-state index is 12.8. The SMILES string of the molecule is Cc1ccc(/C=C2\Oc3c(ccc4c3CN(Cc3ccccc3Cl)CO4)C2=O)o1. The first-order chi connectivity index (χ1) is 14.1. The van der Waals surface area contributed by atoms with Crippen LogP contribution in [0.15, 0.2) is 58.7 Å². The van der Waals surface area contributed by atoms with Gasteiger partial charge in [0.2, 0.25) is 5.78 Å². The molecule has 0 saturated carbocycles. The van der Waals surface area contributed by atoms with Crippen molar-refractivity contribution < 1.29 is 18.7 Å². The quantitative estimate of drug-likeness (QED) is 0.558. The average molecular weight is 408 g/mol. The molecule has 3 aromatic rings. The number of hydrogen-bond acceptors (Lipinski definition) is 5. The van der Waals surface area contributed by atoms with Gasteiger partial charge in [0.1, 0.15) is 29.8 Å². The topological polar surface area (TPSA) is 51.9 Å². The Kier molecular flexibility index (Phi) is 4.42. The Morgan fingerprint density at radius 2 is 2.00 bits per heavy atom. The molecule has 2 aromatic carbocycles. The third kappa shape index (κ3) is 3.33. The number of aryl methyl sites for hydroxylation is 1. The van der Waals surface area contributed by atoms with Gasteiger partial charge in [0.25, 0.3) is 0 Å². The van der Waals surface area contributed by atoms with Crippen molar-refractivity contribution in [3.8, 4) is 11.5 Å². The van der Waals surface area contributed by atoms with Crippen LogP contribution in [-0.2, 0) is 13.1 Å². The van der Waals surface area contributed by atoms with E-state index in [0.29, 0.717) is 36.9 Å². The lowest BCUT2D eigenvalue weighted by atomic mass is 10.0. The number of benzene rings is 2. The Bertz CT molecular complexity index is 1150. The monoisotopic (exact) mass is 407 g/mol. The Labute approximate surface area is 173 Å². The van der Waals surface area contributed by atoms with Crippen LogP contribution >= 0.6 is 11.6 Å². The van der Waals surface area contributed by atoms with E-state index >= 15 is 0 Å². The van der Waals surface area contributed by atoms with E-state index < -0.39 is 0 Å². The molecule has 0 N–H and O–H groups in total. The summed E-state index contributed by atoms with van der Waals surface area (Å²) in [6.07, 6.45) is 1.63. The number of hydrogen-bond donors (Lipinski definition) is 0. The van der Waals surface area contributed by atoms with Crippen molar-refractivity contribution in [1.82, 2.24) is 4.90 Å². The Hall–Kier alpha value is -3.02. The lowest BCUT2D eigenvalue weighted by Gasteiger charge is -2.30. The highest BCUT2D eigenvalue weighted by Gasteiger charge is 2.33. The number of ether oxygens (including phenoxy) is 2. The minimum Gasteiger partial charge on any atom is -0.478 e. The van der Waals surface area contributed by atoms with Crippen molar-refractivity contribution in [1.29, 1.82) is 0 Å². The summed E-state index contributed by atoms with van der Waals surface area (Å²) in [7, 11) is 0. The van der Waals surface area contributed by atoms with Crippen LogP contribution in [-0.4, -0.2) is 17.4 Å². The van der Waals surface area contributed by atoms with Crippen molar-refractivity contribution in [3.05, 3.63) is 87.5 Å². The highest BCUT2D eigenvalue weighted by molar-refractivity contribution is 6.31. The van der Waals surface area contributed by atoms with Crippen LogP contribution in [0.5, 0.6) is 11.5 Å². The van der Waals surface area contributed by atoms with Gasteiger partial charge in [-0.05, 0) is 42.8 Å². The number of carbonyl (C=O) groups is 1. The molecule has 29 heavy (non-hydrogen) atoms. The first-order valence-electron chi connectivity index (χ1n) is 9.33. The van der Waals surface area contributed by atoms with Crippen LogP contribution in [0.4, 0.5) is 0 Å². The molecule has 2 aliphatic rings. The van der Waals surface area contributed by atoms with E-state index in [9.17, 15) is 4.79 Å². The van der Waals surface area contributed by atoms with E-state index in [0.717, 1.165) is 27.7 Å².